The number of amides is 1. The summed E-state index contributed by atoms with van der Waals surface area (Å²) in [6.45, 7) is 0. The van der Waals surface area contributed by atoms with Gasteiger partial charge in [-0.15, -0.1) is 0 Å². The Hall–Kier alpha value is -2.42. The smallest absolute Gasteiger partial charge is 0.240 e. The molecule has 0 unspecified atom stereocenters. The summed E-state index contributed by atoms with van der Waals surface area (Å²) in [7, 11) is 0. The molecule has 0 radical (unpaired) electrons. The van der Waals surface area contributed by atoms with Gasteiger partial charge in [0, 0.05) is 12.8 Å². The summed E-state index contributed by atoms with van der Waals surface area (Å²) in [6.07, 6.45) is 1.22. The second kappa shape index (κ2) is 5.06. The van der Waals surface area contributed by atoms with Crippen LogP contribution in [0, 0.1) is 0 Å². The Balaban J connectivity index is 1.85. The third-order valence-electron chi connectivity index (χ3n) is 3.23. The van der Waals surface area contributed by atoms with Crippen LogP contribution < -0.4 is 5.43 Å². The fraction of sp³-hybridized carbons (Fsp3) is 0.125. The van der Waals surface area contributed by atoms with Crippen molar-refractivity contribution in [3.05, 3.63) is 60.2 Å². The second-order valence-electron chi connectivity index (χ2n) is 4.54. The zero-order valence-corrected chi connectivity index (χ0v) is 10.5. The lowest BCUT2D eigenvalue weighted by molar-refractivity contribution is -0.121. The SMILES string of the molecule is O=C1CCC(c2ccc(-c3ccccc3)cc2)=NN1. The first-order valence-electron chi connectivity index (χ1n) is 6.34. The van der Waals surface area contributed by atoms with Crippen LogP contribution in [0.1, 0.15) is 18.4 Å². The van der Waals surface area contributed by atoms with Crippen LogP contribution in [0.4, 0.5) is 0 Å². The molecule has 3 nitrogen and oxygen atoms in total. The number of carbonyl (C=O) groups is 1. The van der Waals surface area contributed by atoms with E-state index in [-0.39, 0.29) is 5.91 Å². The Morgan fingerprint density at radius 2 is 1.42 bits per heavy atom. The number of carbonyl (C=O) groups excluding carboxylic acids is 1. The van der Waals surface area contributed by atoms with Gasteiger partial charge >= 0.3 is 0 Å². The molecule has 0 spiro atoms. The average molecular weight is 250 g/mol. The van der Waals surface area contributed by atoms with Crippen LogP contribution in [-0.4, -0.2) is 11.6 Å². The molecule has 0 fully saturated rings. The highest BCUT2D eigenvalue weighted by atomic mass is 16.2. The van der Waals surface area contributed by atoms with E-state index in [0.29, 0.717) is 12.8 Å². The fourth-order valence-electron chi connectivity index (χ4n) is 2.17. The maximum absolute atomic E-state index is 11.1. The number of hydrogen-bond acceptors (Lipinski definition) is 2. The Morgan fingerprint density at radius 1 is 0.789 bits per heavy atom. The van der Waals surface area contributed by atoms with E-state index < -0.39 is 0 Å². The monoisotopic (exact) mass is 250 g/mol. The van der Waals surface area contributed by atoms with Crippen molar-refractivity contribution in [3.63, 3.8) is 0 Å². The Labute approximate surface area is 112 Å². The van der Waals surface area contributed by atoms with Gasteiger partial charge in [-0.2, -0.15) is 5.10 Å². The van der Waals surface area contributed by atoms with Crippen LogP contribution in [0.2, 0.25) is 0 Å². The van der Waals surface area contributed by atoms with Crippen LogP contribution in [0.15, 0.2) is 59.7 Å². The van der Waals surface area contributed by atoms with Gasteiger partial charge in [-0.05, 0) is 16.7 Å². The maximum atomic E-state index is 11.1. The number of hydrazone groups is 1. The van der Waals surface area contributed by atoms with Gasteiger partial charge in [0.2, 0.25) is 5.91 Å². The van der Waals surface area contributed by atoms with Crippen LogP contribution in [-0.2, 0) is 4.79 Å². The summed E-state index contributed by atoms with van der Waals surface area (Å²) in [5, 5.41) is 4.10. The maximum Gasteiger partial charge on any atom is 0.240 e. The van der Waals surface area contributed by atoms with Crippen molar-refractivity contribution in [3.8, 4) is 11.1 Å². The van der Waals surface area contributed by atoms with Crippen LogP contribution >= 0.6 is 0 Å². The molecule has 2 aromatic carbocycles. The number of benzene rings is 2. The van der Waals surface area contributed by atoms with Gasteiger partial charge in [0.05, 0.1) is 5.71 Å². The first kappa shape index (κ1) is 11.7. The van der Waals surface area contributed by atoms with Gasteiger partial charge in [0.1, 0.15) is 0 Å². The fourth-order valence-corrected chi connectivity index (χ4v) is 2.17. The lowest BCUT2D eigenvalue weighted by atomic mass is 10.00. The Morgan fingerprint density at radius 3 is 2.05 bits per heavy atom. The van der Waals surface area contributed by atoms with E-state index in [2.05, 4.69) is 46.9 Å². The quantitative estimate of drug-likeness (QED) is 0.874. The summed E-state index contributed by atoms with van der Waals surface area (Å²) in [5.41, 5.74) is 6.93. The van der Waals surface area contributed by atoms with Crippen molar-refractivity contribution in [2.45, 2.75) is 12.8 Å². The van der Waals surface area contributed by atoms with Gasteiger partial charge in [0.25, 0.3) is 0 Å². The molecule has 1 aliphatic heterocycles. The molecule has 0 bridgehead atoms. The van der Waals surface area contributed by atoms with Gasteiger partial charge in [-0.1, -0.05) is 54.6 Å². The van der Waals surface area contributed by atoms with Crippen molar-refractivity contribution in [2.75, 3.05) is 0 Å². The standard InChI is InChI=1S/C16H14N2O/c19-16-11-10-15(17-18-16)14-8-6-13(7-9-14)12-4-2-1-3-5-12/h1-9H,10-11H2,(H,18,19). The third-order valence-corrected chi connectivity index (χ3v) is 3.23. The molecular weight excluding hydrogens is 236 g/mol. The second-order valence-corrected chi connectivity index (χ2v) is 4.54. The zero-order chi connectivity index (χ0) is 13.1. The Bertz CT molecular complexity index is 615. The van der Waals surface area contributed by atoms with Crippen molar-refractivity contribution in [2.24, 2.45) is 5.10 Å². The summed E-state index contributed by atoms with van der Waals surface area (Å²) >= 11 is 0. The minimum atomic E-state index is -0.00958. The highest BCUT2D eigenvalue weighted by Gasteiger charge is 2.12. The van der Waals surface area contributed by atoms with Crippen LogP contribution in [0.25, 0.3) is 11.1 Å². The molecule has 3 rings (SSSR count). The van der Waals surface area contributed by atoms with Crippen molar-refractivity contribution < 1.29 is 4.79 Å². The van der Waals surface area contributed by atoms with Crippen molar-refractivity contribution in [1.82, 2.24) is 5.43 Å². The predicted octanol–water partition coefficient (Wildman–Crippen LogP) is 2.97. The minimum Gasteiger partial charge on any atom is -0.273 e. The van der Waals surface area contributed by atoms with Gasteiger partial charge in [-0.3, -0.25) is 4.79 Å². The molecule has 0 saturated heterocycles. The zero-order valence-electron chi connectivity index (χ0n) is 10.5. The molecule has 0 saturated carbocycles. The molecule has 1 aliphatic rings. The summed E-state index contributed by atoms with van der Waals surface area (Å²) < 4.78 is 0. The molecule has 94 valence electrons. The molecule has 3 heteroatoms. The van der Waals surface area contributed by atoms with E-state index in [0.717, 1.165) is 11.3 Å². The number of nitrogens with zero attached hydrogens (tertiary/aromatic N) is 1. The highest BCUT2D eigenvalue weighted by molar-refractivity contribution is 6.04. The first-order chi connectivity index (χ1) is 9.33. The molecule has 1 amide bonds. The molecule has 0 aromatic heterocycles. The molecular formula is C16H14N2O. The number of nitrogens with one attached hydrogen (secondary N) is 1. The highest BCUT2D eigenvalue weighted by Crippen LogP contribution is 2.20. The molecule has 0 aliphatic carbocycles. The van der Waals surface area contributed by atoms with Gasteiger partial charge < -0.3 is 0 Å². The summed E-state index contributed by atoms with van der Waals surface area (Å²) in [5.74, 6) is -0.00958. The molecule has 0 atom stereocenters. The Kier molecular flexibility index (Phi) is 3.11. The normalized spacial score (nSPS) is 14.7. The number of rotatable bonds is 2. The topological polar surface area (TPSA) is 41.5 Å². The molecule has 1 heterocycles. The average Bonchev–Trinajstić information content (AvgIpc) is 2.49. The molecule has 1 N–H and O–H groups in total. The van der Waals surface area contributed by atoms with E-state index >= 15 is 0 Å². The van der Waals surface area contributed by atoms with E-state index in [4.69, 9.17) is 0 Å². The lowest BCUT2D eigenvalue weighted by Crippen LogP contribution is -2.25. The molecule has 2 aromatic rings. The lowest BCUT2D eigenvalue weighted by Gasteiger charge is -2.12. The van der Waals surface area contributed by atoms with Gasteiger partial charge in [-0.25, -0.2) is 5.43 Å². The van der Waals surface area contributed by atoms with Gasteiger partial charge in [0.15, 0.2) is 0 Å². The molecule has 19 heavy (non-hydrogen) atoms. The first-order valence-corrected chi connectivity index (χ1v) is 6.34. The van der Waals surface area contributed by atoms with Crippen molar-refractivity contribution >= 4 is 11.6 Å². The number of hydrogen-bond donors (Lipinski definition) is 1. The van der Waals surface area contributed by atoms with E-state index in [9.17, 15) is 4.79 Å². The van der Waals surface area contributed by atoms with E-state index in [1.807, 2.05) is 18.2 Å². The third kappa shape index (κ3) is 2.55. The van der Waals surface area contributed by atoms with E-state index in [1.165, 1.54) is 11.1 Å². The summed E-state index contributed by atoms with van der Waals surface area (Å²) in [6, 6.07) is 18.5. The van der Waals surface area contributed by atoms with E-state index in [1.54, 1.807) is 0 Å². The summed E-state index contributed by atoms with van der Waals surface area (Å²) in [4.78, 5) is 11.1. The minimum absolute atomic E-state index is 0.00958. The van der Waals surface area contributed by atoms with Crippen LogP contribution in [0.5, 0.6) is 0 Å². The largest absolute Gasteiger partial charge is 0.273 e. The van der Waals surface area contributed by atoms with Crippen LogP contribution in [0.3, 0.4) is 0 Å². The predicted molar refractivity (Wildman–Crippen MR) is 75.8 cm³/mol. The van der Waals surface area contributed by atoms with Crippen molar-refractivity contribution in [1.29, 1.82) is 0 Å².